The number of hydrogen-bond acceptors (Lipinski definition) is 3. The van der Waals surface area contributed by atoms with Gasteiger partial charge in [-0.25, -0.2) is 0 Å². The van der Waals surface area contributed by atoms with Gasteiger partial charge in [0.05, 0.1) is 12.7 Å². The average molecular weight is 269 g/mol. The second-order valence-electron chi connectivity index (χ2n) is 4.90. The van der Waals surface area contributed by atoms with Crippen LogP contribution in [0.5, 0.6) is 0 Å². The predicted octanol–water partition coefficient (Wildman–Crippen LogP) is 1.80. The third kappa shape index (κ3) is 3.69. The van der Waals surface area contributed by atoms with Gasteiger partial charge in [-0.15, -0.1) is 0 Å². The highest BCUT2D eigenvalue weighted by Gasteiger charge is 2.25. The fraction of sp³-hybridized carbons (Fsp3) is 0.571. The van der Waals surface area contributed by atoms with E-state index in [2.05, 4.69) is 23.3 Å². The van der Waals surface area contributed by atoms with Crippen molar-refractivity contribution in [1.29, 1.82) is 0 Å². The standard InChI is InChI=1S/C14H21ClN2O/c1-16-13(14-10-17(2)6-7-18-14)9-11-4-3-5-12(15)8-11/h3-5,8,13-14,16H,6-7,9-10H2,1-2H3. The molecule has 0 aromatic heterocycles. The lowest BCUT2D eigenvalue weighted by Crippen LogP contribution is -2.51. The molecule has 1 heterocycles. The van der Waals surface area contributed by atoms with E-state index in [1.807, 2.05) is 25.2 Å². The molecule has 2 rings (SSSR count). The van der Waals surface area contributed by atoms with Crippen molar-refractivity contribution >= 4 is 11.6 Å². The third-order valence-corrected chi connectivity index (χ3v) is 3.70. The Labute approximate surface area is 114 Å². The van der Waals surface area contributed by atoms with E-state index in [-0.39, 0.29) is 6.10 Å². The van der Waals surface area contributed by atoms with Crippen molar-refractivity contribution in [3.8, 4) is 0 Å². The van der Waals surface area contributed by atoms with Crippen molar-refractivity contribution in [2.75, 3.05) is 33.8 Å². The van der Waals surface area contributed by atoms with Crippen LogP contribution in [0.4, 0.5) is 0 Å². The normalized spacial score (nSPS) is 22.9. The summed E-state index contributed by atoms with van der Waals surface area (Å²) in [5.41, 5.74) is 1.25. The quantitative estimate of drug-likeness (QED) is 0.901. The number of halogens is 1. The molecule has 1 aliphatic rings. The summed E-state index contributed by atoms with van der Waals surface area (Å²) in [6, 6.07) is 8.37. The topological polar surface area (TPSA) is 24.5 Å². The van der Waals surface area contributed by atoms with Gasteiger partial charge in [-0.2, -0.15) is 0 Å². The van der Waals surface area contributed by atoms with Gasteiger partial charge in [0.25, 0.3) is 0 Å². The Hall–Kier alpha value is -0.610. The van der Waals surface area contributed by atoms with Crippen molar-refractivity contribution < 1.29 is 4.74 Å². The number of morpholine rings is 1. The molecule has 1 aliphatic heterocycles. The molecule has 0 spiro atoms. The van der Waals surface area contributed by atoms with E-state index in [0.29, 0.717) is 6.04 Å². The third-order valence-electron chi connectivity index (χ3n) is 3.46. The molecule has 1 fully saturated rings. The first-order valence-corrected chi connectivity index (χ1v) is 6.78. The van der Waals surface area contributed by atoms with E-state index >= 15 is 0 Å². The van der Waals surface area contributed by atoms with Gasteiger partial charge in [0.15, 0.2) is 0 Å². The molecule has 100 valence electrons. The van der Waals surface area contributed by atoms with Crippen LogP contribution in [0.3, 0.4) is 0 Å². The number of benzene rings is 1. The minimum Gasteiger partial charge on any atom is -0.374 e. The van der Waals surface area contributed by atoms with Crippen molar-refractivity contribution in [1.82, 2.24) is 10.2 Å². The van der Waals surface area contributed by atoms with Gasteiger partial charge in [0.1, 0.15) is 0 Å². The smallest absolute Gasteiger partial charge is 0.0858 e. The van der Waals surface area contributed by atoms with Crippen LogP contribution in [0.1, 0.15) is 5.56 Å². The van der Waals surface area contributed by atoms with Crippen molar-refractivity contribution in [2.45, 2.75) is 18.6 Å². The molecule has 2 atom stereocenters. The van der Waals surface area contributed by atoms with Crippen LogP contribution in [0.15, 0.2) is 24.3 Å². The summed E-state index contributed by atoms with van der Waals surface area (Å²) in [6.07, 6.45) is 1.18. The average Bonchev–Trinajstić information content (AvgIpc) is 2.36. The van der Waals surface area contributed by atoms with E-state index < -0.39 is 0 Å². The molecule has 0 saturated carbocycles. The lowest BCUT2D eigenvalue weighted by molar-refractivity contribution is -0.0372. The molecule has 3 nitrogen and oxygen atoms in total. The van der Waals surface area contributed by atoms with Gasteiger partial charge in [-0.05, 0) is 38.2 Å². The molecule has 4 heteroatoms. The van der Waals surface area contributed by atoms with Crippen molar-refractivity contribution in [3.05, 3.63) is 34.9 Å². The summed E-state index contributed by atoms with van der Waals surface area (Å²) in [7, 11) is 4.13. The molecule has 1 aromatic carbocycles. The monoisotopic (exact) mass is 268 g/mol. The van der Waals surface area contributed by atoms with Crippen LogP contribution >= 0.6 is 11.6 Å². The van der Waals surface area contributed by atoms with E-state index in [0.717, 1.165) is 31.1 Å². The highest BCUT2D eigenvalue weighted by Crippen LogP contribution is 2.16. The Morgan fingerprint density at radius 1 is 1.56 bits per heavy atom. The van der Waals surface area contributed by atoms with Crippen LogP contribution < -0.4 is 5.32 Å². The van der Waals surface area contributed by atoms with Crippen LogP contribution in [0.2, 0.25) is 5.02 Å². The highest BCUT2D eigenvalue weighted by molar-refractivity contribution is 6.30. The summed E-state index contributed by atoms with van der Waals surface area (Å²) in [5, 5.41) is 4.16. The Morgan fingerprint density at radius 3 is 3.06 bits per heavy atom. The Bertz CT molecular complexity index is 386. The lowest BCUT2D eigenvalue weighted by Gasteiger charge is -2.35. The summed E-state index contributed by atoms with van der Waals surface area (Å²) >= 11 is 6.02. The zero-order valence-corrected chi connectivity index (χ0v) is 11.8. The number of likely N-dealkylation sites (N-methyl/N-ethyl adjacent to an activating group) is 2. The molecule has 0 bridgehead atoms. The summed E-state index contributed by atoms with van der Waals surface area (Å²) in [4.78, 5) is 2.32. The molecule has 1 saturated heterocycles. The van der Waals surface area contributed by atoms with E-state index in [9.17, 15) is 0 Å². The van der Waals surface area contributed by atoms with Gasteiger partial charge in [-0.1, -0.05) is 23.7 Å². The lowest BCUT2D eigenvalue weighted by atomic mass is 10.0. The van der Waals surface area contributed by atoms with Gasteiger partial charge in [-0.3, -0.25) is 0 Å². The largest absolute Gasteiger partial charge is 0.374 e. The molecule has 1 N–H and O–H groups in total. The molecule has 0 amide bonds. The minimum absolute atomic E-state index is 0.243. The van der Waals surface area contributed by atoms with E-state index in [1.165, 1.54) is 5.56 Å². The predicted molar refractivity (Wildman–Crippen MR) is 75.2 cm³/mol. The summed E-state index contributed by atoms with van der Waals surface area (Å²) in [6.45, 7) is 2.81. The van der Waals surface area contributed by atoms with Crippen LogP contribution in [0.25, 0.3) is 0 Å². The number of hydrogen-bond donors (Lipinski definition) is 1. The number of nitrogens with one attached hydrogen (secondary N) is 1. The minimum atomic E-state index is 0.243. The summed E-state index contributed by atoms with van der Waals surface area (Å²) < 4.78 is 5.87. The molecular formula is C14H21ClN2O. The van der Waals surface area contributed by atoms with E-state index in [1.54, 1.807) is 0 Å². The Morgan fingerprint density at radius 2 is 2.39 bits per heavy atom. The van der Waals surface area contributed by atoms with Gasteiger partial charge in [0, 0.05) is 24.2 Å². The molecular weight excluding hydrogens is 248 g/mol. The molecule has 1 aromatic rings. The van der Waals surface area contributed by atoms with Crippen LogP contribution in [-0.4, -0.2) is 50.8 Å². The second-order valence-corrected chi connectivity index (χ2v) is 5.34. The van der Waals surface area contributed by atoms with Gasteiger partial charge in [0.2, 0.25) is 0 Å². The molecule has 0 aliphatic carbocycles. The van der Waals surface area contributed by atoms with Crippen LogP contribution in [0, 0.1) is 0 Å². The summed E-state index contributed by atoms with van der Waals surface area (Å²) in [5.74, 6) is 0. The number of ether oxygens (including phenoxy) is 1. The SMILES string of the molecule is CNC(Cc1cccc(Cl)c1)C1CN(C)CCO1. The molecule has 18 heavy (non-hydrogen) atoms. The first-order chi connectivity index (χ1) is 8.69. The first-order valence-electron chi connectivity index (χ1n) is 6.41. The Kier molecular flexibility index (Phi) is 5.01. The zero-order chi connectivity index (χ0) is 13.0. The maximum atomic E-state index is 6.02. The maximum Gasteiger partial charge on any atom is 0.0858 e. The van der Waals surface area contributed by atoms with Gasteiger partial charge < -0.3 is 15.0 Å². The maximum absolute atomic E-state index is 6.02. The van der Waals surface area contributed by atoms with Crippen molar-refractivity contribution in [3.63, 3.8) is 0 Å². The number of rotatable bonds is 4. The zero-order valence-electron chi connectivity index (χ0n) is 11.0. The number of nitrogens with zero attached hydrogens (tertiary/aromatic N) is 1. The van der Waals surface area contributed by atoms with E-state index in [4.69, 9.17) is 16.3 Å². The van der Waals surface area contributed by atoms with Gasteiger partial charge >= 0.3 is 0 Å². The fourth-order valence-electron chi connectivity index (χ4n) is 2.39. The van der Waals surface area contributed by atoms with Crippen molar-refractivity contribution in [2.24, 2.45) is 0 Å². The Balaban J connectivity index is 2.00. The molecule has 2 unspecified atom stereocenters. The highest BCUT2D eigenvalue weighted by atomic mass is 35.5. The fourth-order valence-corrected chi connectivity index (χ4v) is 2.60. The second kappa shape index (κ2) is 6.53. The molecule has 0 radical (unpaired) electrons. The first kappa shape index (κ1) is 13.8. The van der Waals surface area contributed by atoms with Crippen LogP contribution in [-0.2, 0) is 11.2 Å².